The Morgan fingerprint density at radius 2 is 1.20 bits per heavy atom. The van der Waals surface area contributed by atoms with Gasteiger partial charge in [0.2, 0.25) is 0 Å². The second-order valence-electron chi connectivity index (χ2n) is 16.8. The first-order chi connectivity index (χ1) is 22.8. The summed E-state index contributed by atoms with van der Waals surface area (Å²) in [5, 5.41) is 0.339. The lowest BCUT2D eigenvalue weighted by atomic mass is 9.93. The normalized spacial score (nSPS) is 13.0. The maximum Gasteiger partial charge on any atom is 0.191 e. The average molecular weight is 833 g/mol. The molecule has 0 aromatic heterocycles. The van der Waals surface area contributed by atoms with Crippen LogP contribution in [0, 0.1) is 5.92 Å². The first-order valence-electron chi connectivity index (χ1n) is 18.4. The summed E-state index contributed by atoms with van der Waals surface area (Å²) in [5.41, 5.74) is 7.72. The third-order valence-corrected chi connectivity index (χ3v) is 21.1. The molecule has 49 heavy (non-hydrogen) atoms. The van der Waals surface area contributed by atoms with Crippen molar-refractivity contribution in [3.8, 4) is 28.0 Å². The van der Waals surface area contributed by atoms with Gasteiger partial charge >= 0.3 is 0 Å². The van der Waals surface area contributed by atoms with Crippen LogP contribution in [0.1, 0.15) is 92.2 Å². The lowest BCUT2D eigenvalue weighted by Crippen LogP contribution is -2.44. The molecule has 0 aliphatic rings. The van der Waals surface area contributed by atoms with Gasteiger partial charge < -0.3 is 13.6 Å². The Morgan fingerprint density at radius 1 is 0.673 bits per heavy atom. The molecule has 7 heteroatoms. The fourth-order valence-electron chi connectivity index (χ4n) is 5.27. The summed E-state index contributed by atoms with van der Waals surface area (Å²) in [6, 6.07) is 20.4. The van der Waals surface area contributed by atoms with Crippen molar-refractivity contribution < 1.29 is 13.6 Å². The average Bonchev–Trinajstić information content (AvgIpc) is 3.02. The Balaban J connectivity index is 1.74. The van der Waals surface area contributed by atoms with Crippen molar-refractivity contribution in [1.29, 1.82) is 0 Å². The molecular weight excluding hydrogens is 768 g/mol. The Bertz CT molecular complexity index is 1430. The van der Waals surface area contributed by atoms with Crippen LogP contribution in [0.3, 0.4) is 0 Å². The predicted molar refractivity (Wildman–Crippen MR) is 225 cm³/mol. The predicted octanol–water partition coefficient (Wildman–Crippen LogP) is 14.3. The summed E-state index contributed by atoms with van der Waals surface area (Å²) in [6.45, 7) is 29.6. The van der Waals surface area contributed by atoms with E-state index in [4.69, 9.17) is 13.6 Å². The monoisotopic (exact) mass is 830 g/mol. The molecule has 0 fully saturated rings. The maximum atomic E-state index is 6.70. The minimum atomic E-state index is -1.88. The molecule has 3 nitrogen and oxygen atoms in total. The number of hydrogen-bond donors (Lipinski definition) is 0. The summed E-state index contributed by atoms with van der Waals surface area (Å²) >= 11 is 7.71. The lowest BCUT2D eigenvalue weighted by Gasteiger charge is -2.39. The molecule has 0 N–H and O–H groups in total. The summed E-state index contributed by atoms with van der Waals surface area (Å²) in [7, 11) is -3.76. The number of halogens is 2. The maximum absolute atomic E-state index is 6.70. The van der Waals surface area contributed by atoms with Gasteiger partial charge in [-0.15, -0.1) is 0 Å². The van der Waals surface area contributed by atoms with Crippen LogP contribution in [0.25, 0.3) is 22.3 Å². The summed E-state index contributed by atoms with van der Waals surface area (Å²) < 4.78 is 21.8. The zero-order valence-electron chi connectivity index (χ0n) is 32.6. The smallest absolute Gasteiger partial charge is 0.191 e. The van der Waals surface area contributed by atoms with Crippen LogP contribution in [0.4, 0.5) is 0 Å². The first-order valence-corrected chi connectivity index (χ1v) is 25.8. The molecule has 0 saturated heterocycles. The molecular formula is C42H64Br2O3Si2. The molecule has 0 saturated carbocycles. The number of hydrogen-bond acceptors (Lipinski definition) is 3. The Kier molecular flexibility index (Phi) is 15.5. The van der Waals surface area contributed by atoms with Gasteiger partial charge in [-0.25, -0.2) is 0 Å². The van der Waals surface area contributed by atoms with Gasteiger partial charge in [0.05, 0.1) is 15.6 Å². The Labute approximate surface area is 318 Å². The van der Waals surface area contributed by atoms with E-state index in [2.05, 4.69) is 168 Å². The summed E-state index contributed by atoms with van der Waals surface area (Å²) in [5.74, 6) is 1.11. The molecule has 0 aliphatic carbocycles. The van der Waals surface area contributed by atoms with E-state index in [1.807, 2.05) is 0 Å². The minimum absolute atomic E-state index is 0.170. The van der Waals surface area contributed by atoms with E-state index in [1.165, 1.54) is 52.6 Å². The highest BCUT2D eigenvalue weighted by Gasteiger charge is 2.39. The van der Waals surface area contributed by atoms with Crippen molar-refractivity contribution in [2.45, 2.75) is 130 Å². The highest BCUT2D eigenvalue weighted by Crippen LogP contribution is 2.41. The fraction of sp³-hybridized carbons (Fsp3) is 0.571. The molecule has 0 aliphatic heterocycles. The molecule has 0 unspecified atom stereocenters. The van der Waals surface area contributed by atoms with E-state index in [9.17, 15) is 0 Å². The van der Waals surface area contributed by atoms with Gasteiger partial charge in [-0.3, -0.25) is 0 Å². The van der Waals surface area contributed by atoms with Crippen molar-refractivity contribution in [2.75, 3.05) is 19.8 Å². The van der Waals surface area contributed by atoms with Crippen LogP contribution in [0.15, 0.2) is 63.5 Å². The van der Waals surface area contributed by atoms with Gasteiger partial charge in [0, 0.05) is 19.1 Å². The summed E-state index contributed by atoms with van der Waals surface area (Å²) in [6.07, 6.45) is 6.80. The molecule has 0 bridgehead atoms. The number of rotatable bonds is 17. The second kappa shape index (κ2) is 18.0. The third-order valence-electron chi connectivity index (χ3n) is 10.9. The minimum Gasteiger partial charge on any atom is -0.491 e. The van der Waals surface area contributed by atoms with E-state index in [1.54, 1.807) is 0 Å². The molecule has 3 rings (SSSR count). The zero-order valence-corrected chi connectivity index (χ0v) is 37.8. The molecule has 0 heterocycles. The molecule has 3 aromatic rings. The van der Waals surface area contributed by atoms with E-state index < -0.39 is 16.6 Å². The molecule has 0 atom stereocenters. The third kappa shape index (κ3) is 11.9. The Morgan fingerprint density at radius 3 is 1.69 bits per heavy atom. The van der Waals surface area contributed by atoms with Crippen molar-refractivity contribution in [2.24, 2.45) is 5.92 Å². The van der Waals surface area contributed by atoms with Crippen molar-refractivity contribution in [1.82, 2.24) is 0 Å². The van der Waals surface area contributed by atoms with Crippen LogP contribution in [0.2, 0.25) is 36.3 Å². The number of unbranched alkanes of at least 4 members (excludes halogenated alkanes) is 2. The lowest BCUT2D eigenvalue weighted by molar-refractivity contribution is 0.135. The molecule has 272 valence electrons. The van der Waals surface area contributed by atoms with Gasteiger partial charge in [0.15, 0.2) is 16.6 Å². The van der Waals surface area contributed by atoms with Gasteiger partial charge in [-0.2, -0.15) is 0 Å². The van der Waals surface area contributed by atoms with Crippen LogP contribution in [-0.4, -0.2) is 36.5 Å². The summed E-state index contributed by atoms with van der Waals surface area (Å²) in [4.78, 5) is 0. The Hall–Kier alpha value is -1.23. The highest BCUT2D eigenvalue weighted by molar-refractivity contribution is 9.11. The van der Waals surface area contributed by atoms with Gasteiger partial charge in [-0.05, 0) is 139 Å². The van der Waals surface area contributed by atoms with E-state index in [0.717, 1.165) is 34.0 Å². The molecule has 0 amide bonds. The van der Waals surface area contributed by atoms with Crippen LogP contribution >= 0.6 is 31.9 Å². The van der Waals surface area contributed by atoms with Crippen molar-refractivity contribution >= 4 is 48.5 Å². The zero-order chi connectivity index (χ0) is 36.6. The molecule has 0 radical (unpaired) electrons. The van der Waals surface area contributed by atoms with Crippen molar-refractivity contribution in [3.63, 3.8) is 0 Å². The van der Waals surface area contributed by atoms with E-state index in [0.29, 0.717) is 19.8 Å². The highest BCUT2D eigenvalue weighted by atomic mass is 79.9. The second-order valence-corrected chi connectivity index (χ2v) is 28.1. The molecule has 3 aromatic carbocycles. The standard InChI is InChI=1S/C42H64Br2O3Si2/c1-13-15-16-17-31-18-20-34(21-19-31)35-22-23-37(33(14-2)26-35)36-27-38(43)40(39(44)28-36)45-25-24-32(29-46-48(9,10)41(3,4)5)30-47-49(11,12)42(6,7)8/h18-23,26-28,32H,13-17,24-25,29-30H2,1-12H3. The number of ether oxygens (including phenoxy) is 1. The fourth-order valence-corrected chi connectivity index (χ4v) is 8.86. The largest absolute Gasteiger partial charge is 0.491 e. The number of benzene rings is 3. The quantitative estimate of drug-likeness (QED) is 0.100. The van der Waals surface area contributed by atoms with Crippen molar-refractivity contribution in [3.05, 3.63) is 74.7 Å². The van der Waals surface area contributed by atoms with Crippen LogP contribution in [-0.2, 0) is 21.7 Å². The van der Waals surface area contributed by atoms with Gasteiger partial charge in [-0.1, -0.05) is 111 Å². The van der Waals surface area contributed by atoms with Gasteiger partial charge in [0.1, 0.15) is 5.75 Å². The number of aryl methyl sites for hydroxylation is 2. The van der Waals surface area contributed by atoms with E-state index in [-0.39, 0.29) is 16.0 Å². The van der Waals surface area contributed by atoms with Crippen LogP contribution in [0.5, 0.6) is 5.75 Å². The van der Waals surface area contributed by atoms with Gasteiger partial charge in [0.25, 0.3) is 0 Å². The first kappa shape index (κ1) is 42.2. The van der Waals surface area contributed by atoms with Crippen LogP contribution < -0.4 is 4.74 Å². The molecule has 0 spiro atoms. The topological polar surface area (TPSA) is 27.7 Å². The van der Waals surface area contributed by atoms with E-state index >= 15 is 0 Å². The SMILES string of the molecule is CCCCCc1ccc(-c2ccc(-c3cc(Br)c(OCCC(CO[Si](C)(C)C(C)(C)C)CO[Si](C)(C)C(C)(C)C)c(Br)c3)c(CC)c2)cc1.